The summed E-state index contributed by atoms with van der Waals surface area (Å²) in [6.07, 6.45) is 4.06. The van der Waals surface area contributed by atoms with Crippen molar-refractivity contribution in [2.24, 2.45) is 0 Å². The summed E-state index contributed by atoms with van der Waals surface area (Å²) in [6.45, 7) is 1.27. The Morgan fingerprint density at radius 3 is 3.15 bits per heavy atom. The van der Waals surface area contributed by atoms with E-state index in [9.17, 15) is 4.79 Å². The molecule has 7 heteroatoms. The maximum Gasteiger partial charge on any atom is 0.257 e. The van der Waals surface area contributed by atoms with E-state index in [0.29, 0.717) is 29.8 Å². The van der Waals surface area contributed by atoms with Gasteiger partial charge in [0.1, 0.15) is 6.10 Å². The Hall–Kier alpha value is -1.99. The molecule has 1 fully saturated rings. The number of amides is 1. The Kier molecular flexibility index (Phi) is 3.89. The first-order valence-electron chi connectivity index (χ1n) is 6.22. The summed E-state index contributed by atoms with van der Waals surface area (Å²) in [6, 6.07) is 3.27. The third kappa shape index (κ3) is 3.12. The number of ether oxygens (including phenoxy) is 2. The molecular weight excluding hydrogens is 278 g/mol. The Morgan fingerprint density at radius 1 is 1.45 bits per heavy atom. The predicted octanol–water partition coefficient (Wildman–Crippen LogP) is 1.96. The van der Waals surface area contributed by atoms with E-state index < -0.39 is 0 Å². The van der Waals surface area contributed by atoms with Crippen molar-refractivity contribution in [2.45, 2.75) is 12.5 Å². The zero-order valence-electron chi connectivity index (χ0n) is 10.6. The van der Waals surface area contributed by atoms with E-state index >= 15 is 0 Å². The van der Waals surface area contributed by atoms with Gasteiger partial charge in [-0.2, -0.15) is 0 Å². The van der Waals surface area contributed by atoms with Gasteiger partial charge in [0.15, 0.2) is 5.13 Å². The first kappa shape index (κ1) is 13.0. The average molecular weight is 291 g/mol. The topological polar surface area (TPSA) is 73.3 Å². The smallest absolute Gasteiger partial charge is 0.257 e. The number of rotatable bonds is 4. The maximum absolute atomic E-state index is 12.0. The molecule has 20 heavy (non-hydrogen) atoms. The number of pyridine rings is 1. The normalized spacial score (nSPS) is 17.9. The van der Waals surface area contributed by atoms with Crippen LogP contribution in [0.3, 0.4) is 0 Å². The fourth-order valence-corrected chi connectivity index (χ4v) is 2.37. The van der Waals surface area contributed by atoms with E-state index in [1.807, 2.05) is 0 Å². The van der Waals surface area contributed by atoms with Gasteiger partial charge >= 0.3 is 0 Å². The lowest BCUT2D eigenvalue weighted by molar-refractivity contribution is 0.102. The molecule has 6 nitrogen and oxygen atoms in total. The molecule has 1 atom stereocenters. The van der Waals surface area contributed by atoms with E-state index in [1.165, 1.54) is 11.3 Å². The van der Waals surface area contributed by atoms with Gasteiger partial charge in [0.2, 0.25) is 5.88 Å². The molecule has 0 saturated carbocycles. The molecule has 1 N–H and O–H groups in total. The van der Waals surface area contributed by atoms with E-state index in [2.05, 4.69) is 15.3 Å². The average Bonchev–Trinajstić information content (AvgIpc) is 3.12. The van der Waals surface area contributed by atoms with Crippen molar-refractivity contribution in [3.63, 3.8) is 0 Å². The van der Waals surface area contributed by atoms with Gasteiger partial charge in [0.05, 0.1) is 13.2 Å². The molecule has 2 aromatic heterocycles. The first-order valence-corrected chi connectivity index (χ1v) is 7.10. The van der Waals surface area contributed by atoms with Crippen LogP contribution in [0.5, 0.6) is 5.88 Å². The van der Waals surface area contributed by atoms with Crippen LogP contribution in [0.15, 0.2) is 29.9 Å². The minimum atomic E-state index is -0.227. The van der Waals surface area contributed by atoms with Gasteiger partial charge in [-0.3, -0.25) is 10.1 Å². The quantitative estimate of drug-likeness (QED) is 0.932. The lowest BCUT2D eigenvalue weighted by atomic mass is 10.2. The standard InChI is InChI=1S/C13H13N3O3S/c17-12(16-13-15-4-6-20-13)9-1-3-14-11(7-9)19-10-2-5-18-8-10/h1,3-4,6-7,10H,2,5,8H2,(H,15,16,17). The minimum Gasteiger partial charge on any atom is -0.472 e. The zero-order chi connectivity index (χ0) is 13.8. The van der Waals surface area contributed by atoms with Crippen molar-refractivity contribution in [1.29, 1.82) is 0 Å². The Bertz CT molecular complexity index is 582. The molecule has 0 aromatic carbocycles. The summed E-state index contributed by atoms with van der Waals surface area (Å²) in [4.78, 5) is 20.2. The van der Waals surface area contributed by atoms with Crippen LogP contribution in [-0.4, -0.2) is 35.2 Å². The SMILES string of the molecule is O=C(Nc1nccs1)c1ccnc(OC2CCOC2)c1. The first-order chi connectivity index (χ1) is 9.81. The Balaban J connectivity index is 1.68. The highest BCUT2D eigenvalue weighted by Crippen LogP contribution is 2.17. The fraction of sp³-hybridized carbons (Fsp3) is 0.308. The molecule has 2 aromatic rings. The Morgan fingerprint density at radius 2 is 2.40 bits per heavy atom. The van der Waals surface area contributed by atoms with E-state index in [0.717, 1.165) is 6.42 Å². The number of hydrogen-bond acceptors (Lipinski definition) is 6. The number of nitrogens with one attached hydrogen (secondary N) is 1. The summed E-state index contributed by atoms with van der Waals surface area (Å²) in [5.41, 5.74) is 0.490. The molecule has 0 radical (unpaired) electrons. The van der Waals surface area contributed by atoms with Crippen LogP contribution in [0.25, 0.3) is 0 Å². The molecule has 1 aliphatic heterocycles. The molecular formula is C13H13N3O3S. The molecule has 1 amide bonds. The van der Waals surface area contributed by atoms with Gasteiger partial charge in [-0.1, -0.05) is 0 Å². The molecule has 0 spiro atoms. The Labute approximate surface area is 119 Å². The van der Waals surface area contributed by atoms with Crippen LogP contribution in [0, 0.1) is 0 Å². The molecule has 3 heterocycles. The van der Waals surface area contributed by atoms with Gasteiger partial charge in [0, 0.05) is 35.8 Å². The number of hydrogen-bond donors (Lipinski definition) is 1. The van der Waals surface area contributed by atoms with Gasteiger partial charge in [-0.25, -0.2) is 9.97 Å². The third-order valence-electron chi connectivity index (χ3n) is 2.83. The highest BCUT2D eigenvalue weighted by Gasteiger charge is 2.18. The summed E-state index contributed by atoms with van der Waals surface area (Å²) in [5, 5.41) is 5.09. The van der Waals surface area contributed by atoms with Crippen molar-refractivity contribution in [3.05, 3.63) is 35.5 Å². The second kappa shape index (κ2) is 5.98. The summed E-state index contributed by atoms with van der Waals surface area (Å²) < 4.78 is 10.9. The van der Waals surface area contributed by atoms with Crippen LogP contribution in [0.1, 0.15) is 16.8 Å². The molecule has 3 rings (SSSR count). The van der Waals surface area contributed by atoms with Crippen LogP contribution in [0.2, 0.25) is 0 Å². The molecule has 104 valence electrons. The summed E-state index contributed by atoms with van der Waals surface area (Å²) in [5.74, 6) is 0.210. The lowest BCUT2D eigenvalue weighted by Gasteiger charge is -2.11. The van der Waals surface area contributed by atoms with Crippen LogP contribution in [0.4, 0.5) is 5.13 Å². The van der Waals surface area contributed by atoms with Crippen molar-refractivity contribution in [3.8, 4) is 5.88 Å². The molecule has 0 aliphatic carbocycles. The van der Waals surface area contributed by atoms with E-state index in [4.69, 9.17) is 9.47 Å². The zero-order valence-corrected chi connectivity index (χ0v) is 11.4. The predicted molar refractivity (Wildman–Crippen MR) is 74.2 cm³/mol. The van der Waals surface area contributed by atoms with Crippen molar-refractivity contribution in [1.82, 2.24) is 9.97 Å². The van der Waals surface area contributed by atoms with Crippen LogP contribution < -0.4 is 10.1 Å². The van der Waals surface area contributed by atoms with Gasteiger partial charge < -0.3 is 9.47 Å². The van der Waals surface area contributed by atoms with Crippen molar-refractivity contribution >= 4 is 22.4 Å². The number of nitrogens with zero attached hydrogens (tertiary/aromatic N) is 2. The summed E-state index contributed by atoms with van der Waals surface area (Å²) >= 11 is 1.37. The van der Waals surface area contributed by atoms with Gasteiger partial charge in [-0.05, 0) is 6.07 Å². The second-order valence-electron chi connectivity index (χ2n) is 4.28. The largest absolute Gasteiger partial charge is 0.472 e. The van der Waals surface area contributed by atoms with Crippen LogP contribution in [-0.2, 0) is 4.74 Å². The number of carbonyl (C=O) groups is 1. The molecule has 1 saturated heterocycles. The highest BCUT2D eigenvalue weighted by molar-refractivity contribution is 7.13. The lowest BCUT2D eigenvalue weighted by Crippen LogP contribution is -2.17. The van der Waals surface area contributed by atoms with Gasteiger partial charge in [-0.15, -0.1) is 11.3 Å². The number of thiazole rings is 1. The highest BCUT2D eigenvalue weighted by atomic mass is 32.1. The van der Waals surface area contributed by atoms with Crippen molar-refractivity contribution in [2.75, 3.05) is 18.5 Å². The number of anilines is 1. The monoisotopic (exact) mass is 291 g/mol. The fourth-order valence-electron chi connectivity index (χ4n) is 1.85. The summed E-state index contributed by atoms with van der Waals surface area (Å²) in [7, 11) is 0. The maximum atomic E-state index is 12.0. The third-order valence-corrected chi connectivity index (χ3v) is 3.51. The second-order valence-corrected chi connectivity index (χ2v) is 5.17. The van der Waals surface area contributed by atoms with Gasteiger partial charge in [0.25, 0.3) is 5.91 Å². The molecule has 1 aliphatic rings. The van der Waals surface area contributed by atoms with E-state index in [1.54, 1.807) is 29.9 Å². The van der Waals surface area contributed by atoms with E-state index in [-0.39, 0.29) is 12.0 Å². The minimum absolute atomic E-state index is 0.0137. The number of carbonyl (C=O) groups excluding carboxylic acids is 1. The van der Waals surface area contributed by atoms with Crippen LogP contribution >= 0.6 is 11.3 Å². The molecule has 1 unspecified atom stereocenters. The number of aromatic nitrogens is 2. The molecule has 0 bridgehead atoms. The van der Waals surface area contributed by atoms with Crippen molar-refractivity contribution < 1.29 is 14.3 Å².